The van der Waals surface area contributed by atoms with Crippen LogP contribution in [0.25, 0.3) is 0 Å². The van der Waals surface area contributed by atoms with Crippen molar-refractivity contribution in [3.05, 3.63) is 48.2 Å². The van der Waals surface area contributed by atoms with Crippen LogP contribution in [0.3, 0.4) is 0 Å². The number of para-hydroxylation sites is 1. The van der Waals surface area contributed by atoms with Crippen LogP contribution in [-0.2, 0) is 15.9 Å². The molecular weight excluding hydrogens is 310 g/mol. The van der Waals surface area contributed by atoms with Gasteiger partial charge in [0.2, 0.25) is 5.09 Å². The van der Waals surface area contributed by atoms with Crippen molar-refractivity contribution in [3.8, 4) is 0 Å². The van der Waals surface area contributed by atoms with E-state index in [2.05, 4.69) is 0 Å². The Morgan fingerprint density at radius 1 is 1.14 bits per heavy atom. The fraction of sp³-hybridized carbons (Fsp3) is 0.333. The Morgan fingerprint density at radius 2 is 1.86 bits per heavy atom. The topological polar surface area (TPSA) is 50.5 Å². The van der Waals surface area contributed by atoms with Gasteiger partial charge in [0.15, 0.2) is 0 Å². The van der Waals surface area contributed by atoms with Crippen LogP contribution in [0.5, 0.6) is 0 Å². The van der Waals surface area contributed by atoms with Crippen molar-refractivity contribution in [3.63, 3.8) is 0 Å². The maximum Gasteiger partial charge on any atom is 0.297 e. The molecule has 4 nitrogen and oxygen atoms in total. The zero-order chi connectivity index (χ0) is 15.3. The standard InChI is InChI=1S/C15H18ClNO3S/c1-2-3-11-17(13-7-5-4-6-8-13)21(18,19)15-10-9-14(12-16)20-15/h4-10H,2-3,11-12H2,1H3. The first-order chi connectivity index (χ1) is 10.1. The molecule has 1 heterocycles. The number of halogens is 1. The predicted molar refractivity (Wildman–Crippen MR) is 84.1 cm³/mol. The third kappa shape index (κ3) is 3.60. The lowest BCUT2D eigenvalue weighted by molar-refractivity contribution is 0.424. The normalized spacial score (nSPS) is 11.5. The number of hydrogen-bond donors (Lipinski definition) is 0. The van der Waals surface area contributed by atoms with E-state index in [1.54, 1.807) is 18.2 Å². The van der Waals surface area contributed by atoms with E-state index in [1.165, 1.54) is 10.4 Å². The second-order valence-electron chi connectivity index (χ2n) is 4.62. The number of benzene rings is 1. The number of hydrogen-bond acceptors (Lipinski definition) is 3. The summed E-state index contributed by atoms with van der Waals surface area (Å²) >= 11 is 5.67. The van der Waals surface area contributed by atoms with E-state index in [4.69, 9.17) is 16.0 Å². The molecule has 0 N–H and O–H groups in total. The number of sulfonamides is 1. The number of unbranched alkanes of at least 4 members (excludes halogenated alkanes) is 1. The van der Waals surface area contributed by atoms with Gasteiger partial charge >= 0.3 is 0 Å². The fourth-order valence-electron chi connectivity index (χ4n) is 1.96. The number of anilines is 1. The van der Waals surface area contributed by atoms with E-state index in [0.717, 1.165) is 12.8 Å². The average molecular weight is 328 g/mol. The van der Waals surface area contributed by atoms with Gasteiger partial charge in [0.05, 0.1) is 11.6 Å². The fourth-order valence-corrected chi connectivity index (χ4v) is 3.54. The molecular formula is C15H18ClNO3S. The third-order valence-corrected chi connectivity index (χ3v) is 5.04. The highest BCUT2D eigenvalue weighted by Gasteiger charge is 2.27. The number of rotatable bonds is 7. The molecule has 0 aliphatic heterocycles. The van der Waals surface area contributed by atoms with Crippen molar-refractivity contribution >= 4 is 27.3 Å². The van der Waals surface area contributed by atoms with Crippen molar-refractivity contribution in [1.82, 2.24) is 0 Å². The van der Waals surface area contributed by atoms with Crippen molar-refractivity contribution < 1.29 is 12.8 Å². The summed E-state index contributed by atoms with van der Waals surface area (Å²) in [5, 5.41) is -0.0712. The molecule has 0 aliphatic rings. The van der Waals surface area contributed by atoms with Crippen molar-refractivity contribution in [2.24, 2.45) is 0 Å². The molecule has 0 atom stereocenters. The van der Waals surface area contributed by atoms with E-state index in [-0.39, 0.29) is 11.0 Å². The predicted octanol–water partition coefficient (Wildman–Crippen LogP) is 4.01. The van der Waals surface area contributed by atoms with Crippen LogP contribution in [0, 0.1) is 0 Å². The number of furan rings is 1. The van der Waals surface area contributed by atoms with Gasteiger partial charge in [0.1, 0.15) is 5.76 Å². The lowest BCUT2D eigenvalue weighted by Gasteiger charge is -2.23. The van der Waals surface area contributed by atoms with Gasteiger partial charge in [0.25, 0.3) is 10.0 Å². The Balaban J connectivity index is 2.39. The average Bonchev–Trinajstić information content (AvgIpc) is 2.98. The maximum absolute atomic E-state index is 12.8. The Labute approximate surface area is 130 Å². The molecule has 0 radical (unpaired) electrons. The summed E-state index contributed by atoms with van der Waals surface area (Å²) in [7, 11) is -3.71. The van der Waals surface area contributed by atoms with Gasteiger partial charge in [-0.25, -0.2) is 0 Å². The minimum absolute atomic E-state index is 0.0712. The second-order valence-corrected chi connectivity index (χ2v) is 6.68. The molecule has 0 saturated heterocycles. The Kier molecular flexibility index (Phi) is 5.31. The molecule has 0 amide bonds. The molecule has 0 saturated carbocycles. The summed E-state index contributed by atoms with van der Waals surface area (Å²) in [4.78, 5) is 0. The van der Waals surface area contributed by atoms with Crippen molar-refractivity contribution in [1.29, 1.82) is 0 Å². The smallest absolute Gasteiger partial charge is 0.297 e. The van der Waals surface area contributed by atoms with E-state index in [0.29, 0.717) is 18.0 Å². The lowest BCUT2D eigenvalue weighted by Crippen LogP contribution is -2.31. The summed E-state index contributed by atoms with van der Waals surface area (Å²) in [6, 6.07) is 12.1. The van der Waals surface area contributed by atoms with E-state index in [9.17, 15) is 8.42 Å². The maximum atomic E-state index is 12.8. The largest absolute Gasteiger partial charge is 0.447 e. The number of alkyl halides is 1. The molecule has 1 aromatic carbocycles. The van der Waals surface area contributed by atoms with Crippen molar-refractivity contribution in [2.75, 3.05) is 10.8 Å². The highest BCUT2D eigenvalue weighted by molar-refractivity contribution is 7.92. The molecule has 0 spiro atoms. The van der Waals surface area contributed by atoms with Crippen LogP contribution in [0.1, 0.15) is 25.5 Å². The minimum Gasteiger partial charge on any atom is -0.447 e. The Hall–Kier alpha value is -1.46. The quantitative estimate of drug-likeness (QED) is 0.722. The summed E-state index contributed by atoms with van der Waals surface area (Å²) in [5.74, 6) is 0.592. The molecule has 0 fully saturated rings. The van der Waals surface area contributed by atoms with Crippen molar-refractivity contribution in [2.45, 2.75) is 30.7 Å². The molecule has 2 aromatic rings. The molecule has 6 heteroatoms. The first-order valence-corrected chi connectivity index (χ1v) is 8.79. The van der Waals surface area contributed by atoms with Gasteiger partial charge < -0.3 is 4.42 Å². The van der Waals surface area contributed by atoms with E-state index < -0.39 is 10.0 Å². The van der Waals surface area contributed by atoms with Gasteiger partial charge in [-0.2, -0.15) is 8.42 Å². The molecule has 114 valence electrons. The van der Waals surface area contributed by atoms with Crippen LogP contribution in [0.15, 0.2) is 52.0 Å². The first-order valence-electron chi connectivity index (χ1n) is 6.82. The number of nitrogens with zero attached hydrogens (tertiary/aromatic N) is 1. The van der Waals surface area contributed by atoms with E-state index >= 15 is 0 Å². The molecule has 0 bridgehead atoms. The Morgan fingerprint density at radius 3 is 2.43 bits per heavy atom. The molecule has 0 unspecified atom stereocenters. The molecule has 0 aliphatic carbocycles. The van der Waals surface area contributed by atoms with Gasteiger partial charge in [-0.15, -0.1) is 11.6 Å². The monoisotopic (exact) mass is 327 g/mol. The third-order valence-electron chi connectivity index (χ3n) is 3.07. The second kappa shape index (κ2) is 7.00. The zero-order valence-electron chi connectivity index (χ0n) is 11.8. The van der Waals surface area contributed by atoms with Crippen LogP contribution in [0.2, 0.25) is 0 Å². The van der Waals surface area contributed by atoms with Gasteiger partial charge in [-0.3, -0.25) is 4.31 Å². The van der Waals surface area contributed by atoms with Gasteiger partial charge in [0, 0.05) is 6.54 Å². The molecule has 2 rings (SSSR count). The summed E-state index contributed by atoms with van der Waals surface area (Å²) in [5.41, 5.74) is 0.634. The van der Waals surface area contributed by atoms with Crippen LogP contribution in [0.4, 0.5) is 5.69 Å². The van der Waals surface area contributed by atoms with Crippen LogP contribution in [-0.4, -0.2) is 15.0 Å². The first kappa shape index (κ1) is 15.9. The summed E-state index contributed by atoms with van der Waals surface area (Å²) in [6.45, 7) is 2.44. The molecule has 1 aromatic heterocycles. The SMILES string of the molecule is CCCCN(c1ccccc1)S(=O)(=O)c1ccc(CCl)o1. The van der Waals surface area contributed by atoms with Crippen LogP contribution >= 0.6 is 11.6 Å². The minimum atomic E-state index is -3.71. The highest BCUT2D eigenvalue weighted by Crippen LogP contribution is 2.25. The van der Waals surface area contributed by atoms with Crippen LogP contribution < -0.4 is 4.31 Å². The zero-order valence-corrected chi connectivity index (χ0v) is 13.4. The molecule has 21 heavy (non-hydrogen) atoms. The lowest BCUT2D eigenvalue weighted by atomic mass is 10.3. The van der Waals surface area contributed by atoms with Gasteiger partial charge in [-0.1, -0.05) is 31.5 Å². The van der Waals surface area contributed by atoms with Gasteiger partial charge in [-0.05, 0) is 30.7 Å². The highest BCUT2D eigenvalue weighted by atomic mass is 35.5. The summed E-state index contributed by atoms with van der Waals surface area (Å²) < 4.78 is 32.2. The summed E-state index contributed by atoms with van der Waals surface area (Å²) in [6.07, 6.45) is 1.68. The Bertz CT molecular complexity index is 667. The van der Waals surface area contributed by atoms with E-state index in [1.807, 2.05) is 25.1 Å².